The molecular weight excluding hydrogens is 314 g/mol. The van der Waals surface area contributed by atoms with E-state index in [1.165, 1.54) is 13.8 Å². The smallest absolute Gasteiger partial charge is 0.302 e. The highest BCUT2D eigenvalue weighted by Crippen LogP contribution is 2.29. The number of fused-ring (bicyclic) bond motifs is 1. The van der Waals surface area contributed by atoms with Gasteiger partial charge in [-0.15, -0.1) is 0 Å². The van der Waals surface area contributed by atoms with Crippen LogP contribution in [-0.2, 0) is 14.3 Å². The molecule has 0 radical (unpaired) electrons. The maximum atomic E-state index is 12.1. The number of nitrogens with zero attached hydrogens (tertiary/aromatic N) is 3. The number of nitrogens with one attached hydrogen (secondary N) is 2. The zero-order valence-electron chi connectivity index (χ0n) is 13.3. The zero-order chi connectivity index (χ0) is 17.3. The van der Waals surface area contributed by atoms with E-state index < -0.39 is 5.56 Å². The van der Waals surface area contributed by atoms with Gasteiger partial charge in [-0.2, -0.15) is 4.98 Å². The number of hydrogen-bond acceptors (Lipinski definition) is 6. The van der Waals surface area contributed by atoms with Gasteiger partial charge in [-0.25, -0.2) is 4.98 Å². The van der Waals surface area contributed by atoms with Crippen LogP contribution in [0, 0.1) is 5.92 Å². The first-order valence-corrected chi connectivity index (χ1v) is 7.50. The van der Waals surface area contributed by atoms with Crippen LogP contribution in [0.3, 0.4) is 0 Å². The van der Waals surface area contributed by atoms with E-state index in [4.69, 9.17) is 4.74 Å². The predicted molar refractivity (Wildman–Crippen MR) is 85.4 cm³/mol. The van der Waals surface area contributed by atoms with Crippen molar-refractivity contribution in [2.75, 3.05) is 11.9 Å². The third kappa shape index (κ3) is 3.19. The van der Waals surface area contributed by atoms with Crippen molar-refractivity contribution in [3.05, 3.63) is 28.8 Å². The number of hydrogen-bond donors (Lipinski definition) is 2. The zero-order valence-corrected chi connectivity index (χ0v) is 13.3. The van der Waals surface area contributed by atoms with Crippen LogP contribution < -0.4 is 10.9 Å². The van der Waals surface area contributed by atoms with Crippen LogP contribution in [0.1, 0.15) is 26.3 Å². The number of rotatable bonds is 4. The minimum absolute atomic E-state index is 0.0463. The SMILES string of the molecule is CC(=O)Nc1nc2c(ncn2[C@H]2C=CC(COC(C)=O)C2)c(=O)[nH]1. The first-order valence-electron chi connectivity index (χ1n) is 7.50. The summed E-state index contributed by atoms with van der Waals surface area (Å²) in [7, 11) is 0. The molecule has 2 atom stereocenters. The number of carbonyl (C=O) groups excluding carboxylic acids is 2. The van der Waals surface area contributed by atoms with E-state index >= 15 is 0 Å². The van der Waals surface area contributed by atoms with Crippen LogP contribution in [0.2, 0.25) is 0 Å². The van der Waals surface area contributed by atoms with Gasteiger partial charge < -0.3 is 9.30 Å². The van der Waals surface area contributed by atoms with Gasteiger partial charge >= 0.3 is 5.97 Å². The first-order chi connectivity index (χ1) is 11.4. The highest BCUT2D eigenvalue weighted by Gasteiger charge is 2.24. The van der Waals surface area contributed by atoms with Gasteiger partial charge in [-0.05, 0) is 6.42 Å². The molecule has 2 heterocycles. The Morgan fingerprint density at radius 3 is 2.92 bits per heavy atom. The van der Waals surface area contributed by atoms with Crippen molar-refractivity contribution in [2.45, 2.75) is 26.3 Å². The minimum Gasteiger partial charge on any atom is -0.465 e. The fourth-order valence-corrected chi connectivity index (χ4v) is 2.70. The molecule has 24 heavy (non-hydrogen) atoms. The molecule has 2 aromatic rings. The first kappa shape index (κ1) is 15.9. The summed E-state index contributed by atoms with van der Waals surface area (Å²) in [6, 6.07) is -0.0463. The Hall–Kier alpha value is -2.97. The third-order valence-corrected chi connectivity index (χ3v) is 3.73. The Kier molecular flexibility index (Phi) is 4.15. The van der Waals surface area contributed by atoms with Crippen LogP contribution in [0.4, 0.5) is 5.95 Å². The van der Waals surface area contributed by atoms with E-state index in [9.17, 15) is 14.4 Å². The summed E-state index contributed by atoms with van der Waals surface area (Å²) in [5.41, 5.74) is 0.187. The molecule has 0 bridgehead atoms. The van der Waals surface area contributed by atoms with E-state index in [1.807, 2.05) is 12.2 Å². The van der Waals surface area contributed by atoms with Gasteiger partial charge in [-0.1, -0.05) is 12.2 Å². The second kappa shape index (κ2) is 6.26. The molecule has 0 saturated heterocycles. The minimum atomic E-state index is -0.416. The molecule has 1 unspecified atom stereocenters. The van der Waals surface area contributed by atoms with Crippen molar-refractivity contribution in [1.82, 2.24) is 19.5 Å². The normalized spacial score (nSPS) is 19.6. The van der Waals surface area contributed by atoms with E-state index in [0.29, 0.717) is 18.7 Å². The van der Waals surface area contributed by atoms with Gasteiger partial charge in [0.05, 0.1) is 19.0 Å². The van der Waals surface area contributed by atoms with Crippen molar-refractivity contribution in [2.24, 2.45) is 5.92 Å². The number of anilines is 1. The van der Waals surface area contributed by atoms with E-state index in [-0.39, 0.29) is 35.3 Å². The van der Waals surface area contributed by atoms with Crippen molar-refractivity contribution < 1.29 is 14.3 Å². The third-order valence-electron chi connectivity index (χ3n) is 3.73. The highest BCUT2D eigenvalue weighted by atomic mass is 16.5. The fraction of sp³-hybridized carbons (Fsp3) is 0.400. The molecule has 1 aliphatic rings. The molecule has 0 saturated carbocycles. The number of ether oxygens (including phenoxy) is 1. The van der Waals surface area contributed by atoms with Crippen molar-refractivity contribution in [3.8, 4) is 0 Å². The number of amides is 1. The summed E-state index contributed by atoms with van der Waals surface area (Å²) in [4.78, 5) is 45.0. The molecule has 1 aliphatic carbocycles. The largest absolute Gasteiger partial charge is 0.465 e. The monoisotopic (exact) mass is 331 g/mol. The second-order valence-corrected chi connectivity index (χ2v) is 5.67. The van der Waals surface area contributed by atoms with Gasteiger partial charge in [0.25, 0.3) is 5.56 Å². The average Bonchev–Trinajstić information content (AvgIpc) is 3.10. The van der Waals surface area contributed by atoms with Crippen LogP contribution in [0.25, 0.3) is 11.2 Å². The lowest BCUT2D eigenvalue weighted by Crippen LogP contribution is -2.17. The molecule has 9 nitrogen and oxygen atoms in total. The van der Waals surface area contributed by atoms with E-state index in [2.05, 4.69) is 20.3 Å². The van der Waals surface area contributed by atoms with Crippen molar-refractivity contribution in [1.29, 1.82) is 0 Å². The summed E-state index contributed by atoms with van der Waals surface area (Å²) in [5.74, 6) is -0.452. The van der Waals surface area contributed by atoms with Crippen LogP contribution in [-0.4, -0.2) is 38.0 Å². The highest BCUT2D eigenvalue weighted by molar-refractivity contribution is 5.87. The Balaban J connectivity index is 1.87. The Morgan fingerprint density at radius 1 is 1.42 bits per heavy atom. The van der Waals surface area contributed by atoms with Gasteiger partial charge in [0, 0.05) is 19.8 Å². The number of aromatic amines is 1. The summed E-state index contributed by atoms with van der Waals surface area (Å²) in [5, 5.41) is 2.46. The molecule has 0 spiro atoms. The predicted octanol–water partition coefficient (Wildman–Crippen LogP) is 0.758. The number of carbonyl (C=O) groups is 2. The summed E-state index contributed by atoms with van der Waals surface area (Å²) < 4.78 is 6.81. The average molecular weight is 331 g/mol. The maximum Gasteiger partial charge on any atom is 0.302 e. The molecule has 0 aliphatic heterocycles. The number of aromatic nitrogens is 4. The maximum absolute atomic E-state index is 12.1. The van der Waals surface area contributed by atoms with E-state index in [1.54, 1.807) is 10.9 Å². The molecule has 126 valence electrons. The van der Waals surface area contributed by atoms with E-state index in [0.717, 1.165) is 0 Å². The van der Waals surface area contributed by atoms with Crippen molar-refractivity contribution >= 4 is 29.0 Å². The molecule has 0 fully saturated rings. The summed E-state index contributed by atoms with van der Waals surface area (Å²) in [6.07, 6.45) is 6.20. The number of esters is 1. The summed E-state index contributed by atoms with van der Waals surface area (Å²) >= 11 is 0. The van der Waals surface area contributed by atoms with Crippen molar-refractivity contribution in [3.63, 3.8) is 0 Å². The molecule has 2 aromatic heterocycles. The molecule has 2 N–H and O–H groups in total. The molecule has 0 aromatic carbocycles. The van der Waals surface area contributed by atoms with Gasteiger partial charge in [-0.3, -0.25) is 24.7 Å². The summed E-state index contributed by atoms with van der Waals surface area (Å²) in [6.45, 7) is 3.03. The molecule has 3 rings (SSSR count). The lowest BCUT2D eigenvalue weighted by molar-refractivity contribution is -0.141. The second-order valence-electron chi connectivity index (χ2n) is 5.67. The lowest BCUT2D eigenvalue weighted by Gasteiger charge is -2.14. The number of imidazole rings is 1. The molecule has 1 amide bonds. The number of H-pyrrole nitrogens is 1. The topological polar surface area (TPSA) is 119 Å². The van der Waals surface area contributed by atoms with Crippen LogP contribution in [0.5, 0.6) is 0 Å². The fourth-order valence-electron chi connectivity index (χ4n) is 2.70. The number of allylic oxidation sites excluding steroid dienone is 1. The standard InChI is InChI=1S/C15H17N5O4/c1-8(21)17-15-18-13-12(14(23)19-15)16-7-20(13)11-4-3-10(5-11)6-24-9(2)22/h3-4,7,10-11H,5-6H2,1-2H3,(H2,17,18,19,21,23)/t10?,11-/m0/s1. The van der Waals surface area contributed by atoms with Gasteiger partial charge in [0.15, 0.2) is 11.2 Å². The molecule has 9 heteroatoms. The lowest BCUT2D eigenvalue weighted by atomic mass is 10.1. The van der Waals surface area contributed by atoms with Gasteiger partial charge in [0.2, 0.25) is 11.9 Å². The Morgan fingerprint density at radius 2 is 2.21 bits per heavy atom. The van der Waals surface area contributed by atoms with Gasteiger partial charge in [0.1, 0.15) is 0 Å². The van der Waals surface area contributed by atoms with Crippen LogP contribution in [0.15, 0.2) is 23.3 Å². The Bertz CT molecular complexity index is 882. The molecular formula is C15H17N5O4. The Labute approximate surface area is 136 Å². The quantitative estimate of drug-likeness (QED) is 0.630. The van der Waals surface area contributed by atoms with Crippen LogP contribution >= 0.6 is 0 Å².